The highest BCUT2D eigenvalue weighted by Gasteiger charge is 2.43. The van der Waals surface area contributed by atoms with Gasteiger partial charge in [0.15, 0.2) is 6.23 Å². The van der Waals surface area contributed by atoms with Crippen molar-refractivity contribution in [2.75, 3.05) is 25.0 Å². The zero-order valence-corrected chi connectivity index (χ0v) is 20.5. The minimum Gasteiger partial charge on any atom is -0.428 e. The lowest BCUT2D eigenvalue weighted by atomic mass is 10.2. The van der Waals surface area contributed by atoms with Crippen LogP contribution in [0.25, 0.3) is 0 Å². The van der Waals surface area contributed by atoms with E-state index >= 15 is 0 Å². The Morgan fingerprint density at radius 1 is 1.14 bits per heavy atom. The van der Waals surface area contributed by atoms with Gasteiger partial charge in [0.1, 0.15) is 0 Å². The maximum atomic E-state index is 13.4. The molecule has 166 valence electrons. The zero-order valence-electron chi connectivity index (χ0n) is 14.3. The second-order valence-corrected chi connectivity index (χ2v) is 11.1. The van der Waals surface area contributed by atoms with Gasteiger partial charge in [-0.25, -0.2) is 4.79 Å². The number of carbonyl (C=O) groups is 1. The minimum atomic E-state index is -4.22. The molecule has 15 heteroatoms. The summed E-state index contributed by atoms with van der Waals surface area (Å²) < 4.78 is 26.8. The number of aliphatic hydroxyl groups is 1. The van der Waals surface area contributed by atoms with E-state index in [9.17, 15) is 14.5 Å². The summed E-state index contributed by atoms with van der Waals surface area (Å²) >= 11 is 39.7. The average Bonchev–Trinajstić information content (AvgIpc) is 2.62. The predicted octanol–water partition coefficient (Wildman–Crippen LogP) is 6.11. The Hall–Kier alpha value is 0.630. The van der Waals surface area contributed by atoms with E-state index in [2.05, 4.69) is 0 Å². The van der Waals surface area contributed by atoms with Gasteiger partial charge in [0.05, 0.1) is 13.2 Å². The molecule has 29 heavy (non-hydrogen) atoms. The maximum absolute atomic E-state index is 13.4. The highest BCUT2D eigenvalue weighted by molar-refractivity contribution is 7.54. The van der Waals surface area contributed by atoms with Crippen LogP contribution < -0.4 is 5.32 Å². The second-order valence-electron chi connectivity index (χ2n) is 5.10. The summed E-state index contributed by atoms with van der Waals surface area (Å²) in [5, 5.41) is 11.9. The first-order chi connectivity index (χ1) is 13.4. The first-order valence-electron chi connectivity index (χ1n) is 7.62. The Labute approximate surface area is 202 Å². The van der Waals surface area contributed by atoms with Crippen LogP contribution in [-0.4, -0.2) is 46.2 Å². The molecule has 1 aromatic rings. The fraction of sp³-hybridized carbons (Fsp3) is 0.500. The van der Waals surface area contributed by atoms with Crippen LogP contribution >= 0.6 is 88.8 Å². The van der Waals surface area contributed by atoms with Crippen molar-refractivity contribution in [3.63, 3.8) is 0 Å². The SMILES string of the molecule is O=C(N[C@@H](O)C(Cl)(Cl)Cl)O[C@@H](c1ccc(Cl)cc1Cl)P(=O)(OCCCl)OCCCl. The average molecular weight is 572 g/mol. The molecule has 7 nitrogen and oxygen atoms in total. The van der Waals surface area contributed by atoms with Crippen LogP contribution in [0.2, 0.25) is 10.0 Å². The summed E-state index contributed by atoms with van der Waals surface area (Å²) in [6, 6.07) is 4.10. The van der Waals surface area contributed by atoms with E-state index in [1.807, 2.05) is 5.32 Å². The number of hydrogen-bond donors (Lipinski definition) is 2. The molecular formula is C14H15Cl7NO6P. The number of nitrogens with one attached hydrogen (secondary N) is 1. The van der Waals surface area contributed by atoms with E-state index in [0.717, 1.165) is 0 Å². The number of benzene rings is 1. The van der Waals surface area contributed by atoms with Crippen molar-refractivity contribution in [1.29, 1.82) is 0 Å². The quantitative estimate of drug-likeness (QED) is 0.200. The molecule has 2 atom stereocenters. The first kappa shape index (κ1) is 27.7. The van der Waals surface area contributed by atoms with E-state index < -0.39 is 29.6 Å². The first-order valence-corrected chi connectivity index (χ1v) is 12.2. The standard InChI is InChI=1S/C14H15Cl7NO6P/c15-3-5-26-29(25,27-6-4-16)11(9-2-1-8(17)7-10(9)18)28-13(24)22-12(23)14(19,20)21/h1-2,7,11-12,23H,3-6H2,(H,22,24)/t11-,12+/m1/s1. The number of aliphatic hydroxyl groups excluding tert-OH is 1. The lowest BCUT2D eigenvalue weighted by Crippen LogP contribution is -2.44. The molecule has 1 aromatic carbocycles. The van der Waals surface area contributed by atoms with Crippen LogP contribution in [0.1, 0.15) is 11.4 Å². The van der Waals surface area contributed by atoms with E-state index in [1.54, 1.807) is 0 Å². The Morgan fingerprint density at radius 2 is 1.69 bits per heavy atom. The summed E-state index contributed by atoms with van der Waals surface area (Å²) in [6.07, 6.45) is -3.24. The molecule has 0 fully saturated rings. The van der Waals surface area contributed by atoms with Crippen molar-refractivity contribution < 1.29 is 28.3 Å². The van der Waals surface area contributed by atoms with E-state index in [4.69, 9.17) is 95.0 Å². The second kappa shape index (κ2) is 12.6. The summed E-state index contributed by atoms with van der Waals surface area (Å²) in [5.41, 5.74) is 0.0436. The summed E-state index contributed by atoms with van der Waals surface area (Å²) in [7, 11) is -4.22. The van der Waals surface area contributed by atoms with Gasteiger partial charge >= 0.3 is 13.7 Å². The molecule has 0 spiro atoms. The van der Waals surface area contributed by atoms with Crippen LogP contribution in [-0.2, 0) is 18.3 Å². The van der Waals surface area contributed by atoms with E-state index in [0.29, 0.717) is 0 Å². The van der Waals surface area contributed by atoms with Crippen molar-refractivity contribution >= 4 is 94.9 Å². The van der Waals surface area contributed by atoms with Gasteiger partial charge < -0.3 is 18.9 Å². The third-order valence-corrected chi connectivity index (χ3v) is 6.53. The number of carbonyl (C=O) groups excluding carboxylic acids is 1. The van der Waals surface area contributed by atoms with Gasteiger partial charge in [0.2, 0.25) is 9.64 Å². The van der Waals surface area contributed by atoms with Gasteiger partial charge in [-0.05, 0) is 12.1 Å². The van der Waals surface area contributed by atoms with E-state index in [-0.39, 0.29) is 40.6 Å². The number of hydrogen-bond acceptors (Lipinski definition) is 6. The molecule has 0 unspecified atom stereocenters. The number of rotatable bonds is 10. The normalized spacial score (nSPS) is 14.3. The third-order valence-electron chi connectivity index (χ3n) is 3.00. The maximum Gasteiger partial charge on any atom is 0.410 e. The molecule has 0 aromatic heterocycles. The van der Waals surface area contributed by atoms with Crippen LogP contribution in [0.15, 0.2) is 18.2 Å². The van der Waals surface area contributed by atoms with Crippen LogP contribution in [0.3, 0.4) is 0 Å². The zero-order chi connectivity index (χ0) is 22.2. The van der Waals surface area contributed by atoms with Crippen molar-refractivity contribution in [2.24, 2.45) is 0 Å². The van der Waals surface area contributed by atoms with Crippen molar-refractivity contribution in [3.8, 4) is 0 Å². The third kappa shape index (κ3) is 8.95. The molecule has 1 amide bonds. The molecule has 0 radical (unpaired) electrons. The molecule has 0 aliphatic carbocycles. The lowest BCUT2D eigenvalue weighted by Gasteiger charge is -2.28. The fourth-order valence-electron chi connectivity index (χ4n) is 1.83. The van der Waals surface area contributed by atoms with Gasteiger partial charge in [-0.2, -0.15) is 0 Å². The molecule has 0 saturated heterocycles. The van der Waals surface area contributed by atoms with Gasteiger partial charge in [0, 0.05) is 27.4 Å². The Morgan fingerprint density at radius 3 is 2.14 bits per heavy atom. The number of alkyl halides is 5. The Kier molecular flexibility index (Phi) is 12.0. The number of amides is 1. The van der Waals surface area contributed by atoms with Gasteiger partial charge in [-0.1, -0.05) is 64.1 Å². The van der Waals surface area contributed by atoms with Gasteiger partial charge in [-0.3, -0.25) is 9.88 Å². The van der Waals surface area contributed by atoms with Crippen LogP contribution in [0, 0.1) is 0 Å². The smallest absolute Gasteiger partial charge is 0.410 e. The van der Waals surface area contributed by atoms with Crippen LogP contribution in [0.5, 0.6) is 0 Å². The monoisotopic (exact) mass is 569 g/mol. The number of halogens is 7. The van der Waals surface area contributed by atoms with Crippen molar-refractivity contribution in [2.45, 2.75) is 15.9 Å². The van der Waals surface area contributed by atoms with Crippen molar-refractivity contribution in [1.82, 2.24) is 5.32 Å². The molecule has 1 rings (SSSR count). The van der Waals surface area contributed by atoms with Crippen LogP contribution in [0.4, 0.5) is 4.79 Å². The topological polar surface area (TPSA) is 94.1 Å². The minimum absolute atomic E-state index is 0.00129. The lowest BCUT2D eigenvalue weighted by molar-refractivity contribution is 0.0770. The molecule has 0 aliphatic heterocycles. The fourth-order valence-corrected chi connectivity index (χ4v) is 4.77. The molecule has 2 N–H and O–H groups in total. The number of alkyl carbamates (subject to hydrolysis) is 1. The largest absolute Gasteiger partial charge is 0.428 e. The number of ether oxygens (including phenoxy) is 1. The summed E-state index contributed by atoms with van der Waals surface area (Å²) in [5.74, 6) is -1.75. The van der Waals surface area contributed by atoms with Crippen molar-refractivity contribution in [3.05, 3.63) is 33.8 Å². The highest BCUT2D eigenvalue weighted by Crippen LogP contribution is 2.62. The molecule has 0 saturated carbocycles. The molecule has 0 heterocycles. The summed E-state index contributed by atoms with van der Waals surface area (Å²) in [4.78, 5) is 12.2. The predicted molar refractivity (Wildman–Crippen MR) is 116 cm³/mol. The van der Waals surface area contributed by atoms with E-state index in [1.165, 1.54) is 18.2 Å². The van der Waals surface area contributed by atoms with Gasteiger partial charge in [0.25, 0.3) is 0 Å². The van der Waals surface area contributed by atoms with Gasteiger partial charge in [-0.15, -0.1) is 23.2 Å². The Balaban J connectivity index is 3.29. The highest BCUT2D eigenvalue weighted by atomic mass is 35.6. The Bertz CT molecular complexity index is 723. The molecule has 0 aliphatic rings. The molecule has 0 bridgehead atoms. The summed E-state index contributed by atoms with van der Waals surface area (Å²) in [6.45, 7) is -0.408. The molecular weight excluding hydrogens is 557 g/mol.